The summed E-state index contributed by atoms with van der Waals surface area (Å²) in [5.74, 6) is -7.53. The molecule has 3 aliphatic rings. The van der Waals surface area contributed by atoms with Gasteiger partial charge in [-0.05, 0) is 44.2 Å². The zero-order valence-electron chi connectivity index (χ0n) is 21.2. The summed E-state index contributed by atoms with van der Waals surface area (Å²) in [6.07, 6.45) is -0.0929. The van der Waals surface area contributed by atoms with Gasteiger partial charge in [0, 0.05) is 50.8 Å². The van der Waals surface area contributed by atoms with E-state index in [9.17, 15) is 39.6 Å². The van der Waals surface area contributed by atoms with E-state index in [1.807, 2.05) is 0 Å². The van der Waals surface area contributed by atoms with Crippen LogP contribution in [0.1, 0.15) is 53.0 Å². The summed E-state index contributed by atoms with van der Waals surface area (Å²) in [5.41, 5.74) is 2.25. The van der Waals surface area contributed by atoms with E-state index in [4.69, 9.17) is 5.73 Å². The predicted octanol–water partition coefficient (Wildman–Crippen LogP) is 1.13. The van der Waals surface area contributed by atoms with Crippen molar-refractivity contribution in [3.8, 4) is 5.75 Å². The molecule has 1 aromatic rings. The van der Waals surface area contributed by atoms with Crippen LogP contribution in [0.15, 0.2) is 28.7 Å². The third kappa shape index (κ3) is 3.59. The van der Waals surface area contributed by atoms with Crippen LogP contribution in [0.4, 0.5) is 5.69 Å². The Morgan fingerprint density at radius 1 is 1.11 bits per heavy atom. The van der Waals surface area contributed by atoms with Gasteiger partial charge in [0.2, 0.25) is 5.78 Å². The van der Waals surface area contributed by atoms with Crippen molar-refractivity contribution in [1.82, 2.24) is 4.90 Å². The van der Waals surface area contributed by atoms with Gasteiger partial charge < -0.3 is 36.0 Å². The number of phenolic OH excluding ortho intramolecular Hbond substituents is 1. The number of nitrogens with two attached hydrogens (primary N) is 1. The maximum absolute atomic E-state index is 13.8. The van der Waals surface area contributed by atoms with Crippen molar-refractivity contribution < 1.29 is 39.6 Å². The molecule has 6 N–H and O–H groups in total. The Morgan fingerprint density at radius 3 is 2.27 bits per heavy atom. The fourth-order valence-electron chi connectivity index (χ4n) is 5.91. The first-order chi connectivity index (χ1) is 17.3. The van der Waals surface area contributed by atoms with Crippen molar-refractivity contribution in [1.29, 1.82) is 0 Å². The molecule has 37 heavy (non-hydrogen) atoms. The van der Waals surface area contributed by atoms with E-state index in [0.29, 0.717) is 24.3 Å². The lowest BCUT2D eigenvalue weighted by Gasteiger charge is -2.46. The number of carbonyl (C=O) groups excluding carboxylic acids is 4. The molecule has 0 saturated carbocycles. The highest BCUT2D eigenvalue weighted by atomic mass is 16.3. The second-order valence-electron chi connectivity index (χ2n) is 9.93. The molecule has 3 atom stereocenters. The second-order valence-corrected chi connectivity index (χ2v) is 9.93. The average Bonchev–Trinajstić information content (AvgIpc) is 2.81. The quantitative estimate of drug-likeness (QED) is 0.360. The summed E-state index contributed by atoms with van der Waals surface area (Å²) in [4.78, 5) is 55.1. The third-order valence-corrected chi connectivity index (χ3v) is 7.80. The maximum atomic E-state index is 13.8. The fourth-order valence-corrected chi connectivity index (χ4v) is 5.91. The summed E-state index contributed by atoms with van der Waals surface area (Å²) >= 11 is 0. The number of allylic oxidation sites excluding steroid dienone is 2. The number of aromatic hydroxyl groups is 1. The number of phenols is 1. The van der Waals surface area contributed by atoms with E-state index in [1.165, 1.54) is 11.0 Å². The van der Waals surface area contributed by atoms with Crippen LogP contribution in [-0.2, 0) is 16.0 Å². The van der Waals surface area contributed by atoms with Gasteiger partial charge in [-0.25, -0.2) is 0 Å². The Kier molecular flexibility index (Phi) is 6.31. The van der Waals surface area contributed by atoms with Crippen molar-refractivity contribution >= 4 is 29.1 Å². The van der Waals surface area contributed by atoms with E-state index in [-0.39, 0.29) is 36.0 Å². The Labute approximate surface area is 213 Å². The van der Waals surface area contributed by atoms with Gasteiger partial charge in [-0.2, -0.15) is 0 Å². The average molecular weight is 514 g/mol. The number of anilines is 1. The van der Waals surface area contributed by atoms with Crippen molar-refractivity contribution in [3.63, 3.8) is 0 Å². The topological polar surface area (TPSA) is 182 Å². The Bertz CT molecular complexity index is 1310. The SMILES string of the molecule is CCN(CC)C(=O)c1cc(N(C)C)c2c(c1O)C(=O)C1=C(O)[C@]3(O)C(=O)C(C(N)=O)=C(O)C[C@@H]3CC1C2. The van der Waals surface area contributed by atoms with Crippen LogP contribution in [0.3, 0.4) is 0 Å². The molecular weight excluding hydrogens is 482 g/mol. The number of fused-ring (bicyclic) bond motifs is 3. The summed E-state index contributed by atoms with van der Waals surface area (Å²) in [5, 5.41) is 44.0. The van der Waals surface area contributed by atoms with Crippen LogP contribution in [0.5, 0.6) is 5.75 Å². The van der Waals surface area contributed by atoms with E-state index in [0.717, 1.165) is 0 Å². The molecule has 0 aliphatic heterocycles. The Hall–Kier alpha value is -3.86. The summed E-state index contributed by atoms with van der Waals surface area (Å²) in [6, 6.07) is 1.54. The van der Waals surface area contributed by atoms with Gasteiger partial charge in [0.15, 0.2) is 11.4 Å². The fraction of sp³-hybridized carbons (Fsp3) is 0.462. The lowest BCUT2D eigenvalue weighted by atomic mass is 9.60. The van der Waals surface area contributed by atoms with Crippen LogP contribution in [-0.4, -0.2) is 81.5 Å². The number of Topliss-reactive ketones (excluding diaryl/α,β-unsaturated/α-hetero) is 2. The van der Waals surface area contributed by atoms with E-state index >= 15 is 0 Å². The Balaban J connectivity index is 1.94. The molecular formula is C26H31N3O8. The number of hydrogen-bond donors (Lipinski definition) is 5. The van der Waals surface area contributed by atoms with Crippen LogP contribution in [0, 0.1) is 11.8 Å². The largest absolute Gasteiger partial charge is 0.511 e. The summed E-state index contributed by atoms with van der Waals surface area (Å²) in [7, 11) is 3.47. The van der Waals surface area contributed by atoms with Gasteiger partial charge in [-0.1, -0.05) is 0 Å². The molecule has 0 radical (unpaired) electrons. The second kappa shape index (κ2) is 8.91. The van der Waals surface area contributed by atoms with Gasteiger partial charge in [0.25, 0.3) is 11.8 Å². The minimum Gasteiger partial charge on any atom is -0.511 e. The monoisotopic (exact) mass is 513 g/mol. The van der Waals surface area contributed by atoms with Crippen LogP contribution < -0.4 is 10.6 Å². The number of primary amides is 1. The lowest BCUT2D eigenvalue weighted by molar-refractivity contribution is -0.144. The number of nitrogens with zero attached hydrogens (tertiary/aromatic N) is 2. The number of ketones is 2. The molecule has 11 nitrogen and oxygen atoms in total. The minimum atomic E-state index is -2.63. The molecule has 1 aromatic carbocycles. The number of benzene rings is 1. The normalized spacial score (nSPS) is 24.9. The molecule has 0 spiro atoms. The molecule has 0 aromatic heterocycles. The number of carbonyl (C=O) groups is 4. The maximum Gasteiger partial charge on any atom is 0.257 e. The molecule has 0 bridgehead atoms. The molecule has 1 unspecified atom stereocenters. The smallest absolute Gasteiger partial charge is 0.257 e. The van der Waals surface area contributed by atoms with Crippen LogP contribution in [0.2, 0.25) is 0 Å². The minimum absolute atomic E-state index is 0.0384. The van der Waals surface area contributed by atoms with E-state index in [2.05, 4.69) is 0 Å². The lowest BCUT2D eigenvalue weighted by Crippen LogP contribution is -2.57. The highest BCUT2D eigenvalue weighted by Gasteiger charge is 2.59. The standard InChI is InChI=1S/C26H31N3O8/c1-5-29(6-2)25(36)14-10-15(28(3)4)13-8-11-7-12-9-16(30)19(24(27)35)23(34)26(12,37)22(33)17(11)21(32)18(13)20(14)31/h10-12,30-31,33,37H,5-9H2,1-4H3,(H2,27,35)/t11?,12-,26-/m0/s1. The number of aliphatic hydroxyl groups is 3. The summed E-state index contributed by atoms with van der Waals surface area (Å²) < 4.78 is 0. The van der Waals surface area contributed by atoms with Crippen LogP contribution in [0.25, 0.3) is 0 Å². The molecule has 198 valence electrons. The zero-order chi connectivity index (χ0) is 27.6. The third-order valence-electron chi connectivity index (χ3n) is 7.80. The number of aliphatic hydroxyl groups excluding tert-OH is 2. The molecule has 11 heteroatoms. The van der Waals surface area contributed by atoms with Crippen molar-refractivity contribution in [2.45, 2.75) is 38.7 Å². The first-order valence-corrected chi connectivity index (χ1v) is 12.1. The first-order valence-electron chi connectivity index (χ1n) is 12.1. The molecule has 0 saturated heterocycles. The van der Waals surface area contributed by atoms with Crippen molar-refractivity contribution in [2.75, 3.05) is 32.1 Å². The van der Waals surface area contributed by atoms with E-state index < -0.39 is 63.7 Å². The highest BCUT2D eigenvalue weighted by molar-refractivity contribution is 6.24. The van der Waals surface area contributed by atoms with E-state index in [1.54, 1.807) is 32.8 Å². The van der Waals surface area contributed by atoms with Crippen molar-refractivity contribution in [3.05, 3.63) is 45.4 Å². The number of rotatable bonds is 5. The predicted molar refractivity (Wildman–Crippen MR) is 132 cm³/mol. The zero-order valence-corrected chi connectivity index (χ0v) is 21.2. The van der Waals surface area contributed by atoms with Gasteiger partial charge in [-0.15, -0.1) is 0 Å². The molecule has 0 fully saturated rings. The molecule has 0 heterocycles. The Morgan fingerprint density at radius 2 is 1.73 bits per heavy atom. The van der Waals surface area contributed by atoms with Crippen molar-refractivity contribution in [2.24, 2.45) is 17.6 Å². The summed E-state index contributed by atoms with van der Waals surface area (Å²) in [6.45, 7) is 4.33. The van der Waals surface area contributed by atoms with Gasteiger partial charge in [0.1, 0.15) is 22.8 Å². The van der Waals surface area contributed by atoms with Crippen LogP contribution >= 0.6 is 0 Å². The van der Waals surface area contributed by atoms with Gasteiger partial charge in [0.05, 0.1) is 11.1 Å². The number of hydrogen-bond acceptors (Lipinski definition) is 9. The molecule has 3 aliphatic carbocycles. The molecule has 2 amide bonds. The van der Waals surface area contributed by atoms with Gasteiger partial charge >= 0.3 is 0 Å². The highest BCUT2D eigenvalue weighted by Crippen LogP contribution is 2.52. The molecule has 4 rings (SSSR count). The van der Waals surface area contributed by atoms with Gasteiger partial charge in [-0.3, -0.25) is 19.2 Å². The first kappa shape index (κ1) is 26.2. The number of amides is 2.